The summed E-state index contributed by atoms with van der Waals surface area (Å²) in [6, 6.07) is -0.139. The Morgan fingerprint density at radius 1 is 1.12 bits per heavy atom. The molecule has 0 spiro atoms. The van der Waals surface area contributed by atoms with Crippen molar-refractivity contribution in [2.75, 3.05) is 13.1 Å². The van der Waals surface area contributed by atoms with Gasteiger partial charge in [0, 0.05) is 19.5 Å². The van der Waals surface area contributed by atoms with Gasteiger partial charge in [-0.3, -0.25) is 4.79 Å². The van der Waals surface area contributed by atoms with Gasteiger partial charge in [0.05, 0.1) is 0 Å². The van der Waals surface area contributed by atoms with E-state index in [1.165, 1.54) is 0 Å². The summed E-state index contributed by atoms with van der Waals surface area (Å²) in [5.41, 5.74) is 0. The van der Waals surface area contributed by atoms with Crippen molar-refractivity contribution in [1.82, 2.24) is 10.6 Å². The van der Waals surface area contributed by atoms with Crippen LogP contribution < -0.4 is 10.6 Å². The summed E-state index contributed by atoms with van der Waals surface area (Å²) in [5, 5.41) is 14.1. The third kappa shape index (κ3) is 9.66. The van der Waals surface area contributed by atoms with E-state index in [0.717, 1.165) is 19.3 Å². The highest BCUT2D eigenvalue weighted by molar-refractivity contribution is 5.73. The van der Waals surface area contributed by atoms with Crippen LogP contribution in [-0.4, -0.2) is 30.2 Å². The number of urea groups is 1. The predicted octanol–water partition coefficient (Wildman–Crippen LogP) is 1.98. The van der Waals surface area contributed by atoms with Crippen LogP contribution in [0.25, 0.3) is 0 Å². The molecule has 100 valence electrons. The van der Waals surface area contributed by atoms with Crippen molar-refractivity contribution in [3.8, 4) is 0 Å². The normalized spacial score (nSPS) is 11.9. The lowest BCUT2D eigenvalue weighted by atomic mass is 9.97. The maximum atomic E-state index is 11.2. The lowest BCUT2D eigenvalue weighted by molar-refractivity contribution is -0.137. The van der Waals surface area contributed by atoms with Crippen LogP contribution in [0.15, 0.2) is 0 Å². The van der Waals surface area contributed by atoms with Crippen LogP contribution in [-0.2, 0) is 4.79 Å². The molecule has 0 aromatic heterocycles. The highest BCUT2D eigenvalue weighted by Crippen LogP contribution is 2.14. The second-order valence-electron chi connectivity index (χ2n) is 4.18. The number of carboxylic acids is 1. The minimum atomic E-state index is -0.753. The number of rotatable bonds is 9. The summed E-state index contributed by atoms with van der Waals surface area (Å²) in [4.78, 5) is 21.7. The minimum absolute atomic E-state index is 0.139. The first-order chi connectivity index (χ1) is 8.10. The largest absolute Gasteiger partial charge is 0.481 e. The zero-order valence-electron chi connectivity index (χ0n) is 10.8. The molecule has 2 amide bonds. The van der Waals surface area contributed by atoms with Crippen molar-refractivity contribution < 1.29 is 14.7 Å². The van der Waals surface area contributed by atoms with Gasteiger partial charge in [-0.25, -0.2) is 4.79 Å². The molecular formula is C12H24N2O3. The van der Waals surface area contributed by atoms with Gasteiger partial charge in [-0.1, -0.05) is 20.3 Å². The van der Waals surface area contributed by atoms with Crippen LogP contribution in [0.2, 0.25) is 0 Å². The number of carbonyl (C=O) groups excluding carboxylic acids is 1. The standard InChI is InChI=1S/C12H24N2O3/c1-3-8-13-12(17)14-9-7-10(4-2)5-6-11(15)16/h10H,3-9H2,1-2H3,(H,15,16)(H2,13,14,17). The van der Waals surface area contributed by atoms with E-state index in [-0.39, 0.29) is 12.5 Å². The van der Waals surface area contributed by atoms with Crippen molar-refractivity contribution in [2.45, 2.75) is 46.0 Å². The quantitative estimate of drug-likeness (QED) is 0.580. The molecule has 1 unspecified atom stereocenters. The second kappa shape index (κ2) is 9.93. The van der Waals surface area contributed by atoms with Crippen molar-refractivity contribution in [1.29, 1.82) is 0 Å². The highest BCUT2D eigenvalue weighted by atomic mass is 16.4. The van der Waals surface area contributed by atoms with Crippen LogP contribution in [0.4, 0.5) is 4.79 Å². The number of amides is 2. The van der Waals surface area contributed by atoms with Gasteiger partial charge in [0.25, 0.3) is 0 Å². The number of hydrogen-bond donors (Lipinski definition) is 3. The summed E-state index contributed by atoms with van der Waals surface area (Å²) in [7, 11) is 0. The van der Waals surface area contributed by atoms with Gasteiger partial charge in [0.2, 0.25) is 0 Å². The molecule has 17 heavy (non-hydrogen) atoms. The van der Waals surface area contributed by atoms with Crippen molar-refractivity contribution >= 4 is 12.0 Å². The Labute approximate surface area is 103 Å². The summed E-state index contributed by atoms with van der Waals surface area (Å²) in [5.74, 6) is -0.380. The zero-order valence-corrected chi connectivity index (χ0v) is 10.8. The number of carbonyl (C=O) groups is 2. The number of hydrogen-bond acceptors (Lipinski definition) is 2. The number of aliphatic carboxylic acids is 1. The fourth-order valence-corrected chi connectivity index (χ4v) is 1.57. The Kier molecular flexibility index (Phi) is 9.19. The first-order valence-electron chi connectivity index (χ1n) is 6.33. The van der Waals surface area contributed by atoms with Gasteiger partial charge in [0.1, 0.15) is 0 Å². The molecule has 0 aliphatic heterocycles. The molecule has 0 aromatic carbocycles. The van der Waals surface area contributed by atoms with Crippen molar-refractivity contribution in [2.24, 2.45) is 5.92 Å². The van der Waals surface area contributed by atoms with E-state index in [0.29, 0.717) is 25.4 Å². The van der Waals surface area contributed by atoms with Crippen molar-refractivity contribution in [3.63, 3.8) is 0 Å². The third-order valence-corrected chi connectivity index (χ3v) is 2.72. The zero-order chi connectivity index (χ0) is 13.1. The van der Waals surface area contributed by atoms with Crippen LogP contribution in [0, 0.1) is 5.92 Å². The molecule has 0 fully saturated rings. The monoisotopic (exact) mass is 244 g/mol. The Bertz CT molecular complexity index is 232. The molecule has 0 saturated heterocycles. The van der Waals surface area contributed by atoms with E-state index in [1.807, 2.05) is 13.8 Å². The second-order valence-corrected chi connectivity index (χ2v) is 4.18. The molecule has 0 bridgehead atoms. The average Bonchev–Trinajstić information content (AvgIpc) is 2.30. The van der Waals surface area contributed by atoms with E-state index in [2.05, 4.69) is 10.6 Å². The predicted molar refractivity (Wildman–Crippen MR) is 67.0 cm³/mol. The molecule has 0 aliphatic rings. The SMILES string of the molecule is CCCNC(=O)NCCC(CC)CCC(=O)O. The maximum Gasteiger partial charge on any atom is 0.314 e. The third-order valence-electron chi connectivity index (χ3n) is 2.72. The first-order valence-corrected chi connectivity index (χ1v) is 6.33. The van der Waals surface area contributed by atoms with Gasteiger partial charge >= 0.3 is 12.0 Å². The van der Waals surface area contributed by atoms with Crippen LogP contribution in [0.1, 0.15) is 46.0 Å². The molecule has 3 N–H and O–H groups in total. The minimum Gasteiger partial charge on any atom is -0.481 e. The molecule has 5 nitrogen and oxygen atoms in total. The van der Waals surface area contributed by atoms with Gasteiger partial charge in [-0.15, -0.1) is 0 Å². The molecule has 0 saturated carbocycles. The van der Waals surface area contributed by atoms with E-state index in [4.69, 9.17) is 5.11 Å². The Morgan fingerprint density at radius 3 is 2.29 bits per heavy atom. The molecule has 0 aliphatic carbocycles. The Morgan fingerprint density at radius 2 is 1.76 bits per heavy atom. The fourth-order valence-electron chi connectivity index (χ4n) is 1.57. The van der Waals surface area contributed by atoms with E-state index >= 15 is 0 Å². The van der Waals surface area contributed by atoms with Gasteiger partial charge < -0.3 is 15.7 Å². The summed E-state index contributed by atoms with van der Waals surface area (Å²) < 4.78 is 0. The van der Waals surface area contributed by atoms with Gasteiger partial charge in [-0.05, 0) is 25.2 Å². The Hall–Kier alpha value is -1.26. The van der Waals surface area contributed by atoms with Crippen molar-refractivity contribution in [3.05, 3.63) is 0 Å². The van der Waals surface area contributed by atoms with Crippen LogP contribution in [0.5, 0.6) is 0 Å². The number of carboxylic acid groups (broad SMARTS) is 1. The average molecular weight is 244 g/mol. The lowest BCUT2D eigenvalue weighted by Crippen LogP contribution is -2.36. The number of nitrogens with one attached hydrogen (secondary N) is 2. The molecular weight excluding hydrogens is 220 g/mol. The molecule has 0 radical (unpaired) electrons. The topological polar surface area (TPSA) is 78.4 Å². The van der Waals surface area contributed by atoms with Crippen LogP contribution in [0.3, 0.4) is 0 Å². The lowest BCUT2D eigenvalue weighted by Gasteiger charge is -2.14. The molecule has 5 heteroatoms. The molecule has 1 atom stereocenters. The van der Waals surface area contributed by atoms with E-state index in [1.54, 1.807) is 0 Å². The van der Waals surface area contributed by atoms with E-state index < -0.39 is 5.97 Å². The van der Waals surface area contributed by atoms with Gasteiger partial charge in [0.15, 0.2) is 0 Å². The summed E-state index contributed by atoms with van der Waals surface area (Å²) >= 11 is 0. The molecule has 0 rings (SSSR count). The Balaban J connectivity index is 3.61. The van der Waals surface area contributed by atoms with Crippen LogP contribution >= 0.6 is 0 Å². The maximum absolute atomic E-state index is 11.2. The molecule has 0 heterocycles. The van der Waals surface area contributed by atoms with Gasteiger partial charge in [-0.2, -0.15) is 0 Å². The summed E-state index contributed by atoms with van der Waals surface area (Å²) in [6.45, 7) is 5.33. The van der Waals surface area contributed by atoms with E-state index in [9.17, 15) is 9.59 Å². The fraction of sp³-hybridized carbons (Fsp3) is 0.833. The molecule has 0 aromatic rings. The first kappa shape index (κ1) is 15.7. The smallest absolute Gasteiger partial charge is 0.314 e. The highest BCUT2D eigenvalue weighted by Gasteiger charge is 2.09. The summed E-state index contributed by atoms with van der Waals surface area (Å²) in [6.07, 6.45) is 3.60.